The van der Waals surface area contributed by atoms with Crippen molar-refractivity contribution >= 4 is 33.5 Å². The molecule has 0 saturated heterocycles. The number of benzene rings is 1. The normalized spacial score (nSPS) is 10.6. The number of aliphatic hydroxyl groups is 1. The molecule has 0 saturated carbocycles. The number of halogens is 1. The predicted octanol–water partition coefficient (Wildman–Crippen LogP) is 2.60. The van der Waals surface area contributed by atoms with Crippen LogP contribution in [0.4, 0.5) is 0 Å². The van der Waals surface area contributed by atoms with Crippen LogP contribution in [-0.2, 0) is 0 Å². The van der Waals surface area contributed by atoms with E-state index in [2.05, 4.69) is 33.6 Å². The van der Waals surface area contributed by atoms with Gasteiger partial charge in [0.2, 0.25) is 5.88 Å². The van der Waals surface area contributed by atoms with Crippen molar-refractivity contribution in [2.24, 2.45) is 0 Å². The quantitative estimate of drug-likeness (QED) is 0.693. The van der Waals surface area contributed by atoms with Crippen molar-refractivity contribution in [2.75, 3.05) is 13.2 Å². The minimum Gasteiger partial charge on any atom is -0.478 e. The van der Waals surface area contributed by atoms with Crippen molar-refractivity contribution < 1.29 is 9.84 Å². The lowest BCUT2D eigenvalue weighted by Crippen LogP contribution is -2.01. The molecule has 0 atom stereocenters. The van der Waals surface area contributed by atoms with E-state index in [1.54, 1.807) is 0 Å². The highest BCUT2D eigenvalue weighted by Crippen LogP contribution is 2.19. The molecule has 0 bridgehead atoms. The molecule has 0 aliphatic carbocycles. The van der Waals surface area contributed by atoms with Crippen molar-refractivity contribution in [2.45, 2.75) is 6.42 Å². The summed E-state index contributed by atoms with van der Waals surface area (Å²) in [5, 5.41) is 9.76. The van der Waals surface area contributed by atoms with E-state index < -0.39 is 0 Å². The Balaban J connectivity index is 2.20. The average Bonchev–Trinajstić information content (AvgIpc) is 2.29. The third-order valence-electron chi connectivity index (χ3n) is 2.18. The van der Waals surface area contributed by atoms with Gasteiger partial charge in [-0.3, -0.25) is 0 Å². The molecule has 0 fully saturated rings. The van der Waals surface area contributed by atoms with Gasteiger partial charge >= 0.3 is 0 Å². The Morgan fingerprint density at radius 3 is 2.94 bits per heavy atom. The van der Waals surface area contributed by atoms with Gasteiger partial charge in [-0.2, -0.15) is 0 Å². The van der Waals surface area contributed by atoms with Crippen molar-refractivity contribution in [3.05, 3.63) is 33.9 Å². The second-order valence-electron chi connectivity index (χ2n) is 3.41. The van der Waals surface area contributed by atoms with Gasteiger partial charge in [0.1, 0.15) is 0 Å². The summed E-state index contributed by atoms with van der Waals surface area (Å²) in [6, 6.07) is 9.94. The number of ether oxygens (including phenoxy) is 1. The van der Waals surface area contributed by atoms with E-state index in [4.69, 9.17) is 9.84 Å². The van der Waals surface area contributed by atoms with E-state index in [1.165, 1.54) is 3.57 Å². The molecule has 0 unspecified atom stereocenters. The van der Waals surface area contributed by atoms with E-state index in [1.807, 2.05) is 24.3 Å². The maximum absolute atomic E-state index is 8.65. The molecule has 0 spiro atoms. The van der Waals surface area contributed by atoms with Crippen LogP contribution < -0.4 is 4.74 Å². The molecule has 0 aliphatic rings. The van der Waals surface area contributed by atoms with Crippen molar-refractivity contribution in [1.29, 1.82) is 0 Å². The third-order valence-corrected chi connectivity index (χ3v) is 2.85. The SMILES string of the molecule is OCCCOc1ccc2cc(I)ccc2n1. The Bertz CT molecular complexity index is 487. The van der Waals surface area contributed by atoms with Gasteiger partial charge in [-0.05, 0) is 46.9 Å². The number of aromatic nitrogens is 1. The first kappa shape index (κ1) is 11.6. The topological polar surface area (TPSA) is 42.4 Å². The Morgan fingerprint density at radius 2 is 2.12 bits per heavy atom. The van der Waals surface area contributed by atoms with Crippen LogP contribution in [0.3, 0.4) is 0 Å². The summed E-state index contributed by atoms with van der Waals surface area (Å²) in [6.07, 6.45) is 0.631. The number of pyridine rings is 1. The van der Waals surface area contributed by atoms with Crippen LogP contribution in [-0.4, -0.2) is 23.3 Å². The van der Waals surface area contributed by atoms with Crippen LogP contribution in [0.1, 0.15) is 6.42 Å². The minimum absolute atomic E-state index is 0.145. The van der Waals surface area contributed by atoms with Gasteiger partial charge in [-0.15, -0.1) is 0 Å². The van der Waals surface area contributed by atoms with Crippen LogP contribution in [0.15, 0.2) is 30.3 Å². The molecule has 0 radical (unpaired) electrons. The Morgan fingerprint density at radius 1 is 1.25 bits per heavy atom. The first-order valence-electron chi connectivity index (χ1n) is 5.09. The smallest absolute Gasteiger partial charge is 0.213 e. The van der Waals surface area contributed by atoms with Crippen LogP contribution in [0.25, 0.3) is 10.9 Å². The Labute approximate surface area is 108 Å². The van der Waals surface area contributed by atoms with Gasteiger partial charge in [0.25, 0.3) is 0 Å². The second kappa shape index (κ2) is 5.45. The number of fused-ring (bicyclic) bond motifs is 1. The molecule has 4 heteroatoms. The zero-order valence-corrected chi connectivity index (χ0v) is 10.8. The van der Waals surface area contributed by atoms with Crippen molar-refractivity contribution in [3.63, 3.8) is 0 Å². The van der Waals surface area contributed by atoms with E-state index in [9.17, 15) is 0 Å². The summed E-state index contributed by atoms with van der Waals surface area (Å²) in [7, 11) is 0. The molecule has 1 aromatic carbocycles. The zero-order chi connectivity index (χ0) is 11.4. The highest BCUT2D eigenvalue weighted by molar-refractivity contribution is 14.1. The standard InChI is InChI=1S/C12H12INO2/c13-10-3-4-11-9(8-10)2-5-12(14-11)16-7-1-6-15/h2-5,8,15H,1,6-7H2. The maximum atomic E-state index is 8.65. The fraction of sp³-hybridized carbons (Fsp3) is 0.250. The molecule has 0 aliphatic heterocycles. The highest BCUT2D eigenvalue weighted by Gasteiger charge is 1.99. The second-order valence-corrected chi connectivity index (χ2v) is 4.66. The molecule has 0 amide bonds. The number of nitrogens with zero attached hydrogens (tertiary/aromatic N) is 1. The summed E-state index contributed by atoms with van der Waals surface area (Å²) >= 11 is 2.28. The first-order valence-corrected chi connectivity index (χ1v) is 6.17. The van der Waals surface area contributed by atoms with Crippen LogP contribution in [0.5, 0.6) is 5.88 Å². The first-order chi connectivity index (χ1) is 7.79. The maximum Gasteiger partial charge on any atom is 0.213 e. The van der Waals surface area contributed by atoms with Gasteiger partial charge in [0.15, 0.2) is 0 Å². The van der Waals surface area contributed by atoms with Gasteiger partial charge in [0.05, 0.1) is 12.1 Å². The molecular formula is C12H12INO2. The van der Waals surface area contributed by atoms with Crippen molar-refractivity contribution in [1.82, 2.24) is 4.98 Å². The molecule has 1 aromatic heterocycles. The molecule has 84 valence electrons. The largest absolute Gasteiger partial charge is 0.478 e. The van der Waals surface area contributed by atoms with Crippen LogP contribution >= 0.6 is 22.6 Å². The summed E-state index contributed by atoms with van der Waals surface area (Å²) < 4.78 is 6.61. The Hall–Kier alpha value is -0.880. The molecule has 2 aromatic rings. The minimum atomic E-state index is 0.145. The van der Waals surface area contributed by atoms with Crippen LogP contribution in [0, 0.1) is 3.57 Å². The summed E-state index contributed by atoms with van der Waals surface area (Å²) in [6.45, 7) is 0.644. The lowest BCUT2D eigenvalue weighted by atomic mass is 10.2. The lowest BCUT2D eigenvalue weighted by molar-refractivity contribution is 0.229. The van der Waals surface area contributed by atoms with Crippen molar-refractivity contribution in [3.8, 4) is 5.88 Å². The molecule has 1 heterocycles. The van der Waals surface area contributed by atoms with E-state index in [0.717, 1.165) is 10.9 Å². The highest BCUT2D eigenvalue weighted by atomic mass is 127. The fourth-order valence-corrected chi connectivity index (χ4v) is 1.91. The third kappa shape index (κ3) is 2.82. The predicted molar refractivity (Wildman–Crippen MR) is 71.7 cm³/mol. The van der Waals surface area contributed by atoms with E-state index in [-0.39, 0.29) is 6.61 Å². The fourth-order valence-electron chi connectivity index (χ4n) is 1.40. The molecule has 2 rings (SSSR count). The van der Waals surface area contributed by atoms with E-state index >= 15 is 0 Å². The Kier molecular flexibility index (Phi) is 3.95. The number of aliphatic hydroxyl groups excluding tert-OH is 1. The summed E-state index contributed by atoms with van der Waals surface area (Å²) in [5.41, 5.74) is 0.932. The summed E-state index contributed by atoms with van der Waals surface area (Å²) in [5.74, 6) is 0.613. The lowest BCUT2D eigenvalue weighted by Gasteiger charge is -2.05. The molecule has 16 heavy (non-hydrogen) atoms. The number of hydrogen-bond acceptors (Lipinski definition) is 3. The number of rotatable bonds is 4. The van der Waals surface area contributed by atoms with Gasteiger partial charge in [-0.1, -0.05) is 0 Å². The average molecular weight is 329 g/mol. The zero-order valence-electron chi connectivity index (χ0n) is 8.69. The van der Waals surface area contributed by atoms with Gasteiger partial charge in [0, 0.05) is 28.1 Å². The monoisotopic (exact) mass is 329 g/mol. The van der Waals surface area contributed by atoms with Gasteiger partial charge < -0.3 is 9.84 Å². The molecular weight excluding hydrogens is 317 g/mol. The van der Waals surface area contributed by atoms with Gasteiger partial charge in [-0.25, -0.2) is 4.98 Å². The molecule has 3 nitrogen and oxygen atoms in total. The summed E-state index contributed by atoms with van der Waals surface area (Å²) in [4.78, 5) is 4.38. The molecule has 1 N–H and O–H groups in total. The van der Waals surface area contributed by atoms with Crippen LogP contribution in [0.2, 0.25) is 0 Å². The van der Waals surface area contributed by atoms with E-state index in [0.29, 0.717) is 18.9 Å². The number of hydrogen-bond donors (Lipinski definition) is 1.